The third-order valence-corrected chi connectivity index (χ3v) is 2.59. The van der Waals surface area contributed by atoms with Crippen molar-refractivity contribution in [1.82, 2.24) is 10.2 Å². The average molecular weight is 231 g/mol. The van der Waals surface area contributed by atoms with E-state index in [9.17, 15) is 4.39 Å². The quantitative estimate of drug-likeness (QED) is 0.769. The van der Waals surface area contributed by atoms with Crippen LogP contribution in [0.3, 0.4) is 0 Å². The van der Waals surface area contributed by atoms with Gasteiger partial charge >= 0.3 is 0 Å². The second-order valence-corrected chi connectivity index (χ2v) is 3.74. The predicted molar refractivity (Wildman–Crippen MR) is 56.9 cm³/mol. The summed E-state index contributed by atoms with van der Waals surface area (Å²) in [5.41, 5.74) is -0.898. The Kier molecular flexibility index (Phi) is 5.52. The number of nitrogens with one attached hydrogen (secondary N) is 1. The summed E-state index contributed by atoms with van der Waals surface area (Å²) in [5.74, 6) is 0. The van der Waals surface area contributed by atoms with Crippen LogP contribution < -0.4 is 5.32 Å². The standard InChI is InChI=1S/C8H15FN2.2ClH/c9-8(5-10-6-8)7-11-3-1-2-4-11;;/h10H,1-7H2;2*1H. The Morgan fingerprint density at radius 2 is 1.69 bits per heavy atom. The molecule has 13 heavy (non-hydrogen) atoms. The Morgan fingerprint density at radius 1 is 1.15 bits per heavy atom. The van der Waals surface area contributed by atoms with Crippen LogP contribution in [0.4, 0.5) is 4.39 Å². The van der Waals surface area contributed by atoms with E-state index in [1.165, 1.54) is 12.8 Å². The highest BCUT2D eigenvalue weighted by atomic mass is 35.5. The molecule has 5 heteroatoms. The summed E-state index contributed by atoms with van der Waals surface area (Å²) >= 11 is 0. The Morgan fingerprint density at radius 3 is 2.08 bits per heavy atom. The maximum absolute atomic E-state index is 13.5. The molecule has 0 bridgehead atoms. The van der Waals surface area contributed by atoms with Gasteiger partial charge in [0.25, 0.3) is 0 Å². The SMILES string of the molecule is Cl.Cl.FC1(CN2CCCC2)CNC1. The van der Waals surface area contributed by atoms with Gasteiger partial charge in [-0.1, -0.05) is 0 Å². The van der Waals surface area contributed by atoms with Crippen molar-refractivity contribution in [3.63, 3.8) is 0 Å². The molecular weight excluding hydrogens is 214 g/mol. The van der Waals surface area contributed by atoms with Crippen molar-refractivity contribution in [3.05, 3.63) is 0 Å². The number of hydrogen-bond donors (Lipinski definition) is 1. The maximum Gasteiger partial charge on any atom is 0.148 e. The number of nitrogens with zero attached hydrogens (tertiary/aromatic N) is 1. The fourth-order valence-corrected chi connectivity index (χ4v) is 1.85. The second-order valence-electron chi connectivity index (χ2n) is 3.74. The summed E-state index contributed by atoms with van der Waals surface area (Å²) in [5, 5.41) is 2.97. The highest BCUT2D eigenvalue weighted by Gasteiger charge is 2.38. The Hall–Kier alpha value is 0.430. The van der Waals surface area contributed by atoms with Crippen molar-refractivity contribution in [1.29, 1.82) is 0 Å². The smallest absolute Gasteiger partial charge is 0.148 e. The number of hydrogen-bond acceptors (Lipinski definition) is 2. The first-order valence-corrected chi connectivity index (χ1v) is 4.41. The van der Waals surface area contributed by atoms with Crippen molar-refractivity contribution in [2.24, 2.45) is 0 Å². The molecule has 0 aromatic carbocycles. The zero-order valence-corrected chi connectivity index (χ0v) is 9.22. The molecule has 0 spiro atoms. The molecule has 0 amide bonds. The fraction of sp³-hybridized carbons (Fsp3) is 1.00. The zero-order valence-electron chi connectivity index (χ0n) is 7.59. The van der Waals surface area contributed by atoms with Gasteiger partial charge in [-0.2, -0.15) is 0 Å². The molecule has 0 aromatic rings. The van der Waals surface area contributed by atoms with Crippen molar-refractivity contribution < 1.29 is 4.39 Å². The van der Waals surface area contributed by atoms with Crippen molar-refractivity contribution >= 4 is 24.8 Å². The van der Waals surface area contributed by atoms with Gasteiger partial charge in [-0.15, -0.1) is 24.8 Å². The van der Waals surface area contributed by atoms with Crippen LogP contribution in [0.25, 0.3) is 0 Å². The van der Waals surface area contributed by atoms with Gasteiger partial charge in [0.05, 0.1) is 0 Å². The van der Waals surface area contributed by atoms with E-state index >= 15 is 0 Å². The molecule has 1 N–H and O–H groups in total. The van der Waals surface area contributed by atoms with E-state index in [1.807, 2.05) is 0 Å². The fourth-order valence-electron chi connectivity index (χ4n) is 1.85. The first kappa shape index (κ1) is 13.4. The van der Waals surface area contributed by atoms with Gasteiger partial charge in [0.2, 0.25) is 0 Å². The van der Waals surface area contributed by atoms with Gasteiger partial charge in [0.1, 0.15) is 5.67 Å². The Bertz CT molecular complexity index is 147. The molecule has 0 saturated carbocycles. The van der Waals surface area contributed by atoms with E-state index in [-0.39, 0.29) is 24.8 Å². The molecule has 0 unspecified atom stereocenters. The van der Waals surface area contributed by atoms with E-state index in [0.717, 1.165) is 13.1 Å². The molecule has 2 nitrogen and oxygen atoms in total. The molecule has 2 saturated heterocycles. The summed E-state index contributed by atoms with van der Waals surface area (Å²) in [6, 6.07) is 0. The van der Waals surface area contributed by atoms with Crippen molar-refractivity contribution in [2.75, 3.05) is 32.7 Å². The van der Waals surface area contributed by atoms with Crippen LogP contribution in [0, 0.1) is 0 Å². The van der Waals surface area contributed by atoms with Crippen LogP contribution in [0.2, 0.25) is 0 Å². The minimum absolute atomic E-state index is 0. The van der Waals surface area contributed by atoms with Crippen LogP contribution in [0.5, 0.6) is 0 Å². The van der Waals surface area contributed by atoms with Crippen LogP contribution in [0.15, 0.2) is 0 Å². The number of alkyl halides is 1. The van der Waals surface area contributed by atoms with Crippen LogP contribution in [-0.4, -0.2) is 43.3 Å². The number of rotatable bonds is 2. The molecular formula is C8H17Cl2FN2. The van der Waals surface area contributed by atoms with Crippen LogP contribution in [-0.2, 0) is 0 Å². The first-order valence-electron chi connectivity index (χ1n) is 4.41. The highest BCUT2D eigenvalue weighted by molar-refractivity contribution is 5.85. The first-order chi connectivity index (χ1) is 5.29. The lowest BCUT2D eigenvalue weighted by atomic mass is 9.99. The topological polar surface area (TPSA) is 15.3 Å². The molecule has 2 fully saturated rings. The lowest BCUT2D eigenvalue weighted by Gasteiger charge is -2.37. The van der Waals surface area contributed by atoms with Gasteiger partial charge < -0.3 is 10.2 Å². The van der Waals surface area contributed by atoms with Gasteiger partial charge in [0, 0.05) is 19.6 Å². The summed E-state index contributed by atoms with van der Waals surface area (Å²) in [6.45, 7) is 3.98. The van der Waals surface area contributed by atoms with E-state index in [4.69, 9.17) is 0 Å². The minimum atomic E-state index is -0.898. The third kappa shape index (κ3) is 3.24. The van der Waals surface area contributed by atoms with Crippen molar-refractivity contribution in [2.45, 2.75) is 18.5 Å². The zero-order chi connectivity index (χ0) is 7.73. The summed E-state index contributed by atoms with van der Waals surface area (Å²) in [7, 11) is 0. The van der Waals surface area contributed by atoms with E-state index in [0.29, 0.717) is 19.6 Å². The summed E-state index contributed by atoms with van der Waals surface area (Å²) in [6.07, 6.45) is 2.51. The normalized spacial score (nSPS) is 25.6. The predicted octanol–water partition coefficient (Wildman–Crippen LogP) is 1.24. The monoisotopic (exact) mass is 230 g/mol. The molecule has 0 atom stereocenters. The van der Waals surface area contributed by atoms with E-state index < -0.39 is 5.67 Å². The Labute approximate surface area is 91.1 Å². The van der Waals surface area contributed by atoms with Crippen molar-refractivity contribution in [3.8, 4) is 0 Å². The van der Waals surface area contributed by atoms with E-state index in [2.05, 4.69) is 10.2 Å². The second kappa shape index (κ2) is 5.35. The molecule has 2 heterocycles. The van der Waals surface area contributed by atoms with Gasteiger partial charge in [-0.25, -0.2) is 4.39 Å². The van der Waals surface area contributed by atoms with Gasteiger partial charge in [-0.05, 0) is 25.9 Å². The van der Waals surface area contributed by atoms with Gasteiger partial charge in [-0.3, -0.25) is 0 Å². The molecule has 0 aliphatic carbocycles. The molecule has 0 radical (unpaired) electrons. The largest absolute Gasteiger partial charge is 0.310 e. The van der Waals surface area contributed by atoms with Crippen LogP contribution >= 0.6 is 24.8 Å². The Balaban J connectivity index is 0.000000720. The highest BCUT2D eigenvalue weighted by Crippen LogP contribution is 2.20. The van der Waals surface area contributed by atoms with Crippen LogP contribution in [0.1, 0.15) is 12.8 Å². The molecule has 0 aromatic heterocycles. The molecule has 2 aliphatic rings. The lowest BCUT2D eigenvalue weighted by molar-refractivity contribution is 0.0509. The minimum Gasteiger partial charge on any atom is -0.310 e. The van der Waals surface area contributed by atoms with E-state index in [1.54, 1.807) is 0 Å². The molecule has 2 rings (SSSR count). The third-order valence-electron chi connectivity index (χ3n) is 2.59. The number of likely N-dealkylation sites (tertiary alicyclic amines) is 1. The summed E-state index contributed by atoms with van der Waals surface area (Å²) < 4.78 is 13.5. The molecule has 2 aliphatic heterocycles. The maximum atomic E-state index is 13.5. The van der Waals surface area contributed by atoms with Gasteiger partial charge in [0.15, 0.2) is 0 Å². The summed E-state index contributed by atoms with van der Waals surface area (Å²) in [4.78, 5) is 2.24. The average Bonchev–Trinajstić information content (AvgIpc) is 2.36. The lowest BCUT2D eigenvalue weighted by Crippen LogP contribution is -2.61. The number of halogens is 3. The molecule has 80 valence electrons.